The van der Waals surface area contributed by atoms with Crippen LogP contribution in [0.5, 0.6) is 0 Å². The Morgan fingerprint density at radius 3 is 2.27 bits per heavy atom. The molecule has 0 aromatic heterocycles. The number of nitrogens with zero attached hydrogens (tertiary/aromatic N) is 1. The maximum absolute atomic E-state index is 11.9. The fourth-order valence-electron chi connectivity index (χ4n) is 2.39. The molecule has 0 spiro atoms. The second-order valence-corrected chi connectivity index (χ2v) is 5.32. The summed E-state index contributed by atoms with van der Waals surface area (Å²) in [5.41, 5.74) is -0.426. The summed E-state index contributed by atoms with van der Waals surface area (Å²) in [5.74, 6) is 0. The Labute approximate surface area is 88.8 Å². The maximum atomic E-state index is 11.9. The van der Waals surface area contributed by atoms with E-state index in [4.69, 9.17) is 9.47 Å². The lowest BCUT2D eigenvalue weighted by molar-refractivity contribution is 0.0132. The SMILES string of the molecule is CC(C)(C)OC(=O)N1[C@@H]2C=C[C@H]1[C@@H]1O[C@@H]12. The lowest BCUT2D eigenvalue weighted by Gasteiger charge is -2.28. The van der Waals surface area contributed by atoms with Crippen molar-refractivity contribution in [3.8, 4) is 0 Å². The van der Waals surface area contributed by atoms with E-state index in [9.17, 15) is 4.79 Å². The number of ether oxygens (including phenoxy) is 2. The highest BCUT2D eigenvalue weighted by Gasteiger charge is 2.64. The summed E-state index contributed by atoms with van der Waals surface area (Å²) >= 11 is 0. The number of fused-ring (bicyclic) bond motifs is 5. The van der Waals surface area contributed by atoms with Crippen LogP contribution < -0.4 is 0 Å². The average molecular weight is 209 g/mol. The molecule has 15 heavy (non-hydrogen) atoms. The molecule has 4 atom stereocenters. The molecule has 3 aliphatic heterocycles. The Balaban J connectivity index is 1.73. The van der Waals surface area contributed by atoms with Gasteiger partial charge in [-0.2, -0.15) is 0 Å². The van der Waals surface area contributed by atoms with Gasteiger partial charge in [-0.05, 0) is 20.8 Å². The standard InChI is InChI=1S/C11H15NO3/c1-11(2,3)15-10(13)12-6-4-5-7(12)9-8(6)14-9/h4-9H,1-3H3/t6-,7+,8-,9+. The Morgan fingerprint density at radius 1 is 1.27 bits per heavy atom. The number of amides is 1. The Morgan fingerprint density at radius 2 is 1.80 bits per heavy atom. The summed E-state index contributed by atoms with van der Waals surface area (Å²) < 4.78 is 10.8. The Bertz CT molecular complexity index is 326. The first kappa shape index (κ1) is 9.21. The van der Waals surface area contributed by atoms with E-state index < -0.39 is 5.60 Å². The number of hydrogen-bond donors (Lipinski definition) is 0. The number of hydrogen-bond acceptors (Lipinski definition) is 3. The molecule has 0 saturated carbocycles. The first-order chi connectivity index (χ1) is 6.97. The molecular formula is C11H15NO3. The smallest absolute Gasteiger partial charge is 0.411 e. The van der Waals surface area contributed by atoms with Crippen molar-refractivity contribution in [2.75, 3.05) is 0 Å². The van der Waals surface area contributed by atoms with Gasteiger partial charge >= 0.3 is 6.09 Å². The van der Waals surface area contributed by atoms with E-state index >= 15 is 0 Å². The van der Waals surface area contributed by atoms with Crippen LogP contribution in [0.1, 0.15) is 20.8 Å². The van der Waals surface area contributed by atoms with Gasteiger partial charge in [-0.15, -0.1) is 0 Å². The van der Waals surface area contributed by atoms with E-state index in [1.165, 1.54) is 0 Å². The number of carbonyl (C=O) groups excluding carboxylic acids is 1. The fourth-order valence-corrected chi connectivity index (χ4v) is 2.39. The highest BCUT2D eigenvalue weighted by atomic mass is 16.6. The maximum Gasteiger partial charge on any atom is 0.411 e. The molecule has 3 rings (SSSR count). The van der Waals surface area contributed by atoms with E-state index in [0.29, 0.717) is 0 Å². The quantitative estimate of drug-likeness (QED) is 0.446. The minimum Gasteiger partial charge on any atom is -0.444 e. The second-order valence-electron chi connectivity index (χ2n) is 5.32. The molecule has 3 heterocycles. The van der Waals surface area contributed by atoms with Crippen molar-refractivity contribution in [1.82, 2.24) is 4.90 Å². The van der Waals surface area contributed by atoms with E-state index in [1.54, 1.807) is 4.90 Å². The second kappa shape index (κ2) is 2.55. The Hall–Kier alpha value is -1.03. The fraction of sp³-hybridized carbons (Fsp3) is 0.727. The zero-order chi connectivity index (χ0) is 10.8. The van der Waals surface area contributed by atoms with Crippen molar-refractivity contribution < 1.29 is 14.3 Å². The number of morpholine rings is 1. The van der Waals surface area contributed by atoms with Gasteiger partial charge in [-0.1, -0.05) is 12.2 Å². The number of epoxide rings is 1. The molecule has 82 valence electrons. The number of carbonyl (C=O) groups is 1. The zero-order valence-corrected chi connectivity index (χ0v) is 9.14. The van der Waals surface area contributed by atoms with Crippen LogP contribution in [-0.4, -0.2) is 40.9 Å². The van der Waals surface area contributed by atoms with Gasteiger partial charge in [0, 0.05) is 0 Å². The summed E-state index contributed by atoms with van der Waals surface area (Å²) in [5, 5.41) is 0. The molecular weight excluding hydrogens is 194 g/mol. The lowest BCUT2D eigenvalue weighted by atomic mass is 10.1. The molecule has 2 fully saturated rings. The minimum absolute atomic E-state index is 0.106. The molecule has 2 bridgehead atoms. The van der Waals surface area contributed by atoms with Gasteiger partial charge in [-0.25, -0.2) is 4.79 Å². The zero-order valence-electron chi connectivity index (χ0n) is 9.14. The molecule has 0 aliphatic carbocycles. The molecule has 0 aromatic carbocycles. The largest absolute Gasteiger partial charge is 0.444 e. The van der Waals surface area contributed by atoms with E-state index in [2.05, 4.69) is 0 Å². The third-order valence-corrected chi connectivity index (χ3v) is 2.99. The van der Waals surface area contributed by atoms with Crippen LogP contribution in [0.25, 0.3) is 0 Å². The monoisotopic (exact) mass is 209 g/mol. The molecule has 1 amide bonds. The van der Waals surface area contributed by atoms with Gasteiger partial charge in [0.1, 0.15) is 17.8 Å². The van der Waals surface area contributed by atoms with Gasteiger partial charge < -0.3 is 9.47 Å². The summed E-state index contributed by atoms with van der Waals surface area (Å²) in [6, 6.07) is 0.213. The van der Waals surface area contributed by atoms with Crippen molar-refractivity contribution in [3.05, 3.63) is 12.2 Å². The van der Waals surface area contributed by atoms with Crippen LogP contribution in [-0.2, 0) is 9.47 Å². The predicted octanol–water partition coefficient (Wildman–Crippen LogP) is 1.31. The van der Waals surface area contributed by atoms with Crippen molar-refractivity contribution in [1.29, 1.82) is 0 Å². The molecule has 3 aliphatic rings. The predicted molar refractivity (Wildman–Crippen MR) is 53.5 cm³/mol. The van der Waals surface area contributed by atoms with Crippen LogP contribution >= 0.6 is 0 Å². The molecule has 0 aromatic rings. The average Bonchev–Trinajstić information content (AvgIpc) is 2.71. The molecule has 2 saturated heterocycles. The van der Waals surface area contributed by atoms with Gasteiger partial charge in [-0.3, -0.25) is 4.90 Å². The van der Waals surface area contributed by atoms with Gasteiger partial charge in [0.25, 0.3) is 0 Å². The van der Waals surface area contributed by atoms with Crippen LogP contribution in [0.15, 0.2) is 12.2 Å². The third kappa shape index (κ3) is 1.28. The van der Waals surface area contributed by atoms with Crippen molar-refractivity contribution >= 4 is 6.09 Å². The lowest BCUT2D eigenvalue weighted by Crippen LogP contribution is -2.43. The van der Waals surface area contributed by atoms with Crippen LogP contribution in [0.2, 0.25) is 0 Å². The van der Waals surface area contributed by atoms with Crippen molar-refractivity contribution in [2.45, 2.75) is 50.7 Å². The highest BCUT2D eigenvalue weighted by Crippen LogP contribution is 2.46. The van der Waals surface area contributed by atoms with Crippen LogP contribution in [0, 0.1) is 0 Å². The molecule has 0 radical (unpaired) electrons. The van der Waals surface area contributed by atoms with Crippen molar-refractivity contribution in [2.24, 2.45) is 0 Å². The van der Waals surface area contributed by atoms with Crippen LogP contribution in [0.4, 0.5) is 4.79 Å². The van der Waals surface area contributed by atoms with E-state index in [1.807, 2.05) is 32.9 Å². The summed E-state index contributed by atoms with van der Waals surface area (Å²) in [4.78, 5) is 13.7. The summed E-state index contributed by atoms with van der Waals surface area (Å²) in [6.45, 7) is 5.65. The van der Waals surface area contributed by atoms with Gasteiger partial charge in [0.2, 0.25) is 0 Å². The number of rotatable bonds is 0. The minimum atomic E-state index is -0.426. The molecule has 0 unspecified atom stereocenters. The normalized spacial score (nSPS) is 40.6. The van der Waals surface area contributed by atoms with E-state index in [-0.39, 0.29) is 30.4 Å². The summed E-state index contributed by atoms with van der Waals surface area (Å²) in [6.07, 6.45) is 4.32. The molecule has 4 heteroatoms. The van der Waals surface area contributed by atoms with Gasteiger partial charge in [0.15, 0.2) is 0 Å². The molecule has 4 nitrogen and oxygen atoms in total. The summed E-state index contributed by atoms with van der Waals surface area (Å²) in [7, 11) is 0. The van der Waals surface area contributed by atoms with E-state index in [0.717, 1.165) is 0 Å². The molecule has 0 N–H and O–H groups in total. The highest BCUT2D eigenvalue weighted by molar-refractivity contribution is 5.72. The van der Waals surface area contributed by atoms with Crippen molar-refractivity contribution in [3.63, 3.8) is 0 Å². The third-order valence-electron chi connectivity index (χ3n) is 2.99. The topological polar surface area (TPSA) is 42.1 Å². The van der Waals surface area contributed by atoms with Gasteiger partial charge in [0.05, 0.1) is 12.1 Å². The first-order valence-corrected chi connectivity index (χ1v) is 5.32. The first-order valence-electron chi connectivity index (χ1n) is 5.32. The van der Waals surface area contributed by atoms with Crippen LogP contribution in [0.3, 0.4) is 0 Å². The Kier molecular flexibility index (Phi) is 1.57.